The molecule has 152 valence electrons. The minimum atomic E-state index is -0.0888. The Morgan fingerprint density at radius 2 is 1.93 bits per heavy atom. The molecule has 2 N–H and O–H groups in total. The van der Waals surface area contributed by atoms with Gasteiger partial charge in [-0.2, -0.15) is 5.10 Å². The molecule has 1 aliphatic rings. The number of aliphatic hydroxyl groups is 1. The van der Waals surface area contributed by atoms with Crippen LogP contribution in [-0.2, 0) is 13.0 Å². The Bertz CT molecular complexity index is 953. The van der Waals surface area contributed by atoms with Gasteiger partial charge in [-0.05, 0) is 61.6 Å². The van der Waals surface area contributed by atoms with Gasteiger partial charge in [0.2, 0.25) is 0 Å². The van der Waals surface area contributed by atoms with Gasteiger partial charge in [0.1, 0.15) is 0 Å². The molecule has 0 amide bonds. The average molecular weight is 410 g/mol. The quantitative estimate of drug-likeness (QED) is 0.611. The SMILES string of the molecule is Cc1ccccc1CC1(CO)CCCN(Cc2cn[nH]c2-c2ccc(Cl)cc2)C1. The lowest BCUT2D eigenvalue weighted by Crippen LogP contribution is -2.46. The largest absolute Gasteiger partial charge is 0.396 e. The van der Waals surface area contributed by atoms with Crippen LogP contribution in [0.1, 0.15) is 29.5 Å². The van der Waals surface area contributed by atoms with Crippen molar-refractivity contribution in [3.05, 3.63) is 76.4 Å². The highest BCUT2D eigenvalue weighted by molar-refractivity contribution is 6.30. The highest BCUT2D eigenvalue weighted by atomic mass is 35.5. The van der Waals surface area contributed by atoms with Gasteiger partial charge in [-0.1, -0.05) is 48.0 Å². The molecule has 0 aliphatic carbocycles. The summed E-state index contributed by atoms with van der Waals surface area (Å²) in [5.41, 5.74) is 5.87. The number of nitrogens with zero attached hydrogens (tertiary/aromatic N) is 2. The zero-order valence-corrected chi connectivity index (χ0v) is 17.6. The lowest BCUT2D eigenvalue weighted by Gasteiger charge is -2.42. The fourth-order valence-corrected chi connectivity index (χ4v) is 4.65. The molecule has 0 bridgehead atoms. The first-order valence-corrected chi connectivity index (χ1v) is 10.6. The Kier molecular flexibility index (Phi) is 6.04. The standard InChI is InChI=1S/C24H28ClN3O/c1-18-5-2-3-6-20(18)13-24(17-29)11-4-12-28(16-24)15-21-14-26-27-23(21)19-7-9-22(25)10-8-19/h2-3,5-10,14,29H,4,11-13,15-17H2,1H3,(H,26,27). The Morgan fingerprint density at radius 1 is 1.14 bits per heavy atom. The topological polar surface area (TPSA) is 52.1 Å². The number of aryl methyl sites for hydroxylation is 1. The van der Waals surface area contributed by atoms with Gasteiger partial charge in [0.25, 0.3) is 0 Å². The summed E-state index contributed by atoms with van der Waals surface area (Å²) in [5.74, 6) is 0. The minimum Gasteiger partial charge on any atom is -0.396 e. The number of hydrogen-bond acceptors (Lipinski definition) is 3. The van der Waals surface area contributed by atoms with E-state index in [9.17, 15) is 5.11 Å². The molecule has 1 saturated heterocycles. The van der Waals surface area contributed by atoms with Crippen LogP contribution in [0.15, 0.2) is 54.7 Å². The predicted molar refractivity (Wildman–Crippen MR) is 118 cm³/mol. The smallest absolute Gasteiger partial charge is 0.0695 e. The molecule has 1 aromatic heterocycles. The van der Waals surface area contributed by atoms with Gasteiger partial charge >= 0.3 is 0 Å². The highest BCUT2D eigenvalue weighted by Gasteiger charge is 2.35. The van der Waals surface area contributed by atoms with E-state index in [1.54, 1.807) is 0 Å². The Morgan fingerprint density at radius 3 is 2.69 bits per heavy atom. The molecule has 1 unspecified atom stereocenters. The molecule has 4 rings (SSSR count). The first-order chi connectivity index (χ1) is 14.1. The van der Waals surface area contributed by atoms with Crippen molar-refractivity contribution in [3.8, 4) is 11.3 Å². The van der Waals surface area contributed by atoms with Crippen molar-refractivity contribution < 1.29 is 5.11 Å². The minimum absolute atomic E-state index is 0.0888. The molecule has 5 heteroatoms. The zero-order chi connectivity index (χ0) is 20.3. The Labute approximate surface area is 177 Å². The van der Waals surface area contributed by atoms with E-state index < -0.39 is 0 Å². The van der Waals surface area contributed by atoms with E-state index in [4.69, 9.17) is 11.6 Å². The van der Waals surface area contributed by atoms with Gasteiger partial charge in [0, 0.05) is 29.1 Å². The van der Waals surface area contributed by atoms with E-state index in [0.717, 1.165) is 55.2 Å². The number of H-pyrrole nitrogens is 1. The Balaban J connectivity index is 1.51. The van der Waals surface area contributed by atoms with Crippen LogP contribution in [0.5, 0.6) is 0 Å². The summed E-state index contributed by atoms with van der Waals surface area (Å²) in [5, 5.41) is 18.5. The third kappa shape index (κ3) is 4.55. The summed E-state index contributed by atoms with van der Waals surface area (Å²) >= 11 is 6.04. The summed E-state index contributed by atoms with van der Waals surface area (Å²) in [6.07, 6.45) is 4.99. The summed E-state index contributed by atoms with van der Waals surface area (Å²) in [4.78, 5) is 2.46. The van der Waals surface area contributed by atoms with Crippen molar-refractivity contribution in [2.45, 2.75) is 32.7 Å². The second kappa shape index (κ2) is 8.70. The molecule has 1 aliphatic heterocycles. The predicted octanol–water partition coefficient (Wildman–Crippen LogP) is 4.86. The number of likely N-dealkylation sites (tertiary alicyclic amines) is 1. The van der Waals surface area contributed by atoms with Crippen molar-refractivity contribution in [2.75, 3.05) is 19.7 Å². The first kappa shape index (κ1) is 20.1. The van der Waals surface area contributed by atoms with Crippen LogP contribution in [-0.4, -0.2) is 39.9 Å². The van der Waals surface area contributed by atoms with Crippen molar-refractivity contribution in [3.63, 3.8) is 0 Å². The third-order valence-corrected chi connectivity index (χ3v) is 6.40. The van der Waals surface area contributed by atoms with Crippen molar-refractivity contribution in [1.29, 1.82) is 0 Å². The number of aromatic nitrogens is 2. The van der Waals surface area contributed by atoms with Gasteiger partial charge in [-0.15, -0.1) is 0 Å². The maximum Gasteiger partial charge on any atom is 0.0695 e. The lowest BCUT2D eigenvalue weighted by atomic mass is 9.75. The van der Waals surface area contributed by atoms with E-state index in [1.165, 1.54) is 16.7 Å². The van der Waals surface area contributed by atoms with E-state index in [1.807, 2.05) is 30.5 Å². The molecule has 2 aromatic carbocycles. The summed E-state index contributed by atoms with van der Waals surface area (Å²) in [7, 11) is 0. The van der Waals surface area contributed by atoms with Crippen LogP contribution in [0, 0.1) is 12.3 Å². The molecule has 1 atom stereocenters. The normalized spacial score (nSPS) is 20.1. The van der Waals surface area contributed by atoms with Crippen LogP contribution >= 0.6 is 11.6 Å². The number of benzene rings is 2. The number of aliphatic hydroxyl groups excluding tert-OH is 1. The van der Waals surface area contributed by atoms with Gasteiger partial charge in [-0.25, -0.2) is 0 Å². The average Bonchev–Trinajstić information content (AvgIpc) is 3.19. The van der Waals surface area contributed by atoms with Crippen LogP contribution in [0.3, 0.4) is 0 Å². The fourth-order valence-electron chi connectivity index (χ4n) is 4.53. The second-order valence-corrected chi connectivity index (χ2v) is 8.79. The van der Waals surface area contributed by atoms with Gasteiger partial charge < -0.3 is 5.11 Å². The fraction of sp³-hybridized carbons (Fsp3) is 0.375. The summed E-state index contributed by atoms with van der Waals surface area (Å²) in [6, 6.07) is 16.4. The highest BCUT2D eigenvalue weighted by Crippen LogP contribution is 2.35. The first-order valence-electron chi connectivity index (χ1n) is 10.2. The molecule has 0 radical (unpaired) electrons. The molecule has 0 spiro atoms. The van der Waals surface area contributed by atoms with Crippen molar-refractivity contribution in [1.82, 2.24) is 15.1 Å². The molecule has 4 nitrogen and oxygen atoms in total. The van der Waals surface area contributed by atoms with Crippen LogP contribution in [0.4, 0.5) is 0 Å². The third-order valence-electron chi connectivity index (χ3n) is 6.15. The number of halogens is 1. The van der Waals surface area contributed by atoms with E-state index in [0.29, 0.717) is 0 Å². The molecular formula is C24H28ClN3O. The number of rotatable bonds is 6. The second-order valence-electron chi connectivity index (χ2n) is 8.35. The molecule has 1 fully saturated rings. The number of nitrogens with one attached hydrogen (secondary N) is 1. The molecule has 3 aromatic rings. The van der Waals surface area contributed by atoms with Gasteiger partial charge in [0.05, 0.1) is 18.5 Å². The number of hydrogen-bond donors (Lipinski definition) is 2. The van der Waals surface area contributed by atoms with E-state index in [2.05, 4.69) is 46.3 Å². The number of piperidine rings is 1. The van der Waals surface area contributed by atoms with Crippen molar-refractivity contribution >= 4 is 11.6 Å². The van der Waals surface area contributed by atoms with Gasteiger partial charge in [-0.3, -0.25) is 10.00 Å². The Hall–Kier alpha value is -2.14. The monoisotopic (exact) mass is 409 g/mol. The summed E-state index contributed by atoms with van der Waals surface area (Å²) < 4.78 is 0. The van der Waals surface area contributed by atoms with E-state index in [-0.39, 0.29) is 12.0 Å². The van der Waals surface area contributed by atoms with Crippen LogP contribution in [0.2, 0.25) is 5.02 Å². The molecular weight excluding hydrogens is 382 g/mol. The maximum absolute atomic E-state index is 10.3. The van der Waals surface area contributed by atoms with Gasteiger partial charge in [0.15, 0.2) is 0 Å². The maximum atomic E-state index is 10.3. The van der Waals surface area contributed by atoms with Crippen molar-refractivity contribution in [2.24, 2.45) is 5.41 Å². The molecule has 0 saturated carbocycles. The molecule has 29 heavy (non-hydrogen) atoms. The lowest BCUT2D eigenvalue weighted by molar-refractivity contribution is 0.0288. The van der Waals surface area contributed by atoms with Crippen LogP contribution in [0.25, 0.3) is 11.3 Å². The zero-order valence-electron chi connectivity index (χ0n) is 16.9. The summed E-state index contributed by atoms with van der Waals surface area (Å²) in [6.45, 7) is 5.13. The van der Waals surface area contributed by atoms with Crippen LogP contribution < -0.4 is 0 Å². The number of aromatic amines is 1. The van der Waals surface area contributed by atoms with E-state index >= 15 is 0 Å². The molecule has 2 heterocycles.